The molecule has 2 unspecified atom stereocenters. The zero-order valence-corrected chi connectivity index (χ0v) is 16.4. The zero-order valence-electron chi connectivity index (χ0n) is 16.4. The van der Waals surface area contributed by atoms with Crippen molar-refractivity contribution in [3.05, 3.63) is 70.8 Å². The molecule has 0 aromatic heterocycles. The fourth-order valence-corrected chi connectivity index (χ4v) is 3.62. The number of nitrogens with zero attached hydrogens (tertiary/aromatic N) is 1. The molecule has 1 saturated heterocycles. The second-order valence-corrected chi connectivity index (χ2v) is 7.40. The van der Waals surface area contributed by atoms with Gasteiger partial charge in [0.15, 0.2) is 0 Å². The summed E-state index contributed by atoms with van der Waals surface area (Å²) >= 11 is 0. The Bertz CT molecular complexity index is 971. The van der Waals surface area contributed by atoms with Crippen molar-refractivity contribution in [1.82, 2.24) is 10.2 Å². The average Bonchev–Trinajstić information content (AvgIpc) is 2.73. The van der Waals surface area contributed by atoms with Crippen molar-refractivity contribution < 1.29 is 41.0 Å². The molecular weight excluding hydrogens is 442 g/mol. The SMILES string of the molecule is O=C(NC1CCN(C(=O)O)CC1c1ccc(C(F)(F)F)cc1)c1ccc(C(F)(F)F)cc1. The van der Waals surface area contributed by atoms with Crippen molar-refractivity contribution in [2.24, 2.45) is 0 Å². The van der Waals surface area contributed by atoms with Crippen LogP contribution in [0.25, 0.3) is 0 Å². The number of hydrogen-bond donors (Lipinski definition) is 2. The fraction of sp³-hybridized carbons (Fsp3) is 0.333. The molecular formula is C21H18F6N2O3. The van der Waals surface area contributed by atoms with Gasteiger partial charge >= 0.3 is 18.4 Å². The Morgan fingerprint density at radius 1 is 0.875 bits per heavy atom. The number of carbonyl (C=O) groups is 2. The lowest BCUT2D eigenvalue weighted by Gasteiger charge is -2.38. The van der Waals surface area contributed by atoms with Gasteiger partial charge in [-0.25, -0.2) is 4.79 Å². The molecule has 2 aromatic carbocycles. The van der Waals surface area contributed by atoms with Crippen LogP contribution in [-0.4, -0.2) is 41.1 Å². The van der Waals surface area contributed by atoms with Crippen LogP contribution in [0.3, 0.4) is 0 Å². The highest BCUT2D eigenvalue weighted by molar-refractivity contribution is 5.94. The Hall–Kier alpha value is -3.24. The lowest BCUT2D eigenvalue weighted by molar-refractivity contribution is -0.138. The van der Waals surface area contributed by atoms with Crippen LogP contribution < -0.4 is 5.32 Å². The molecule has 5 nitrogen and oxygen atoms in total. The standard InChI is InChI=1S/C21H18F6N2O3/c22-20(23,24)14-5-1-12(2-6-14)16-11-29(19(31)32)10-9-17(16)28-18(30)13-3-7-15(8-4-13)21(25,26)27/h1-8,16-17H,9-11H2,(H,28,30)(H,31,32). The summed E-state index contributed by atoms with van der Waals surface area (Å²) in [6.45, 7) is 0.0308. The van der Waals surface area contributed by atoms with E-state index < -0.39 is 47.4 Å². The Morgan fingerprint density at radius 3 is 1.84 bits per heavy atom. The van der Waals surface area contributed by atoms with Gasteiger partial charge in [0.25, 0.3) is 5.91 Å². The lowest BCUT2D eigenvalue weighted by atomic mass is 9.85. The van der Waals surface area contributed by atoms with E-state index in [1.807, 2.05) is 0 Å². The molecule has 32 heavy (non-hydrogen) atoms. The Labute approximate surface area is 178 Å². The van der Waals surface area contributed by atoms with Crippen LogP contribution in [0.15, 0.2) is 48.5 Å². The predicted molar refractivity (Wildman–Crippen MR) is 101 cm³/mol. The molecule has 1 aliphatic heterocycles. The van der Waals surface area contributed by atoms with Gasteiger partial charge in [-0.05, 0) is 48.4 Å². The molecule has 11 heteroatoms. The largest absolute Gasteiger partial charge is 0.465 e. The second kappa shape index (κ2) is 8.71. The van der Waals surface area contributed by atoms with E-state index in [1.165, 1.54) is 12.1 Å². The van der Waals surface area contributed by atoms with E-state index in [9.17, 15) is 41.0 Å². The summed E-state index contributed by atoms with van der Waals surface area (Å²) in [4.78, 5) is 25.1. The predicted octanol–water partition coefficient (Wildman–Crippen LogP) is 4.99. The molecule has 1 heterocycles. The van der Waals surface area contributed by atoms with E-state index in [-0.39, 0.29) is 25.1 Å². The van der Waals surface area contributed by atoms with E-state index in [2.05, 4.69) is 5.32 Å². The minimum atomic E-state index is -4.55. The van der Waals surface area contributed by atoms with Gasteiger partial charge in [-0.15, -0.1) is 0 Å². The number of carboxylic acid groups (broad SMARTS) is 1. The number of amides is 2. The van der Waals surface area contributed by atoms with Gasteiger partial charge in [-0.3, -0.25) is 4.79 Å². The average molecular weight is 460 g/mol. The van der Waals surface area contributed by atoms with Crippen LogP contribution in [0.5, 0.6) is 0 Å². The molecule has 2 amide bonds. The molecule has 172 valence electrons. The molecule has 0 spiro atoms. The van der Waals surface area contributed by atoms with Crippen LogP contribution in [0.2, 0.25) is 0 Å². The minimum absolute atomic E-state index is 0.0233. The molecule has 0 radical (unpaired) electrons. The van der Waals surface area contributed by atoms with Crippen LogP contribution in [0, 0.1) is 0 Å². The van der Waals surface area contributed by atoms with Crippen LogP contribution in [0.4, 0.5) is 31.1 Å². The van der Waals surface area contributed by atoms with Gasteiger partial charge in [0.2, 0.25) is 0 Å². The maximum Gasteiger partial charge on any atom is 0.416 e. The van der Waals surface area contributed by atoms with E-state index in [1.54, 1.807) is 0 Å². The number of halogens is 6. The van der Waals surface area contributed by atoms with Gasteiger partial charge in [-0.1, -0.05) is 12.1 Å². The van der Waals surface area contributed by atoms with Crippen molar-refractivity contribution >= 4 is 12.0 Å². The summed E-state index contributed by atoms with van der Waals surface area (Å²) in [6.07, 6.45) is -10.1. The van der Waals surface area contributed by atoms with Crippen molar-refractivity contribution in [1.29, 1.82) is 0 Å². The summed E-state index contributed by atoms with van der Waals surface area (Å²) in [5.41, 5.74) is -1.39. The van der Waals surface area contributed by atoms with Gasteiger partial charge in [0.05, 0.1) is 11.1 Å². The summed E-state index contributed by atoms with van der Waals surface area (Å²) in [5.74, 6) is -1.30. The molecule has 1 aliphatic rings. The highest BCUT2D eigenvalue weighted by atomic mass is 19.4. The molecule has 2 atom stereocenters. The monoisotopic (exact) mass is 460 g/mol. The molecule has 3 rings (SSSR count). The number of alkyl halides is 6. The Kier molecular flexibility index (Phi) is 6.38. The maximum absolute atomic E-state index is 12.9. The normalized spacial score (nSPS) is 19.5. The fourth-order valence-electron chi connectivity index (χ4n) is 3.62. The van der Waals surface area contributed by atoms with Gasteiger partial charge in [-0.2, -0.15) is 26.3 Å². The number of hydrogen-bond acceptors (Lipinski definition) is 2. The summed E-state index contributed by atoms with van der Waals surface area (Å²) in [6, 6.07) is 7.19. The quantitative estimate of drug-likeness (QED) is 0.635. The smallest absolute Gasteiger partial charge is 0.416 e. The number of benzene rings is 2. The van der Waals surface area contributed by atoms with Gasteiger partial charge in [0.1, 0.15) is 0 Å². The number of nitrogens with one attached hydrogen (secondary N) is 1. The van der Waals surface area contributed by atoms with Crippen LogP contribution in [-0.2, 0) is 12.4 Å². The molecule has 0 aliphatic carbocycles. The number of likely N-dealkylation sites (tertiary alicyclic amines) is 1. The Balaban J connectivity index is 1.81. The molecule has 2 aromatic rings. The number of rotatable bonds is 3. The third-order valence-corrected chi connectivity index (χ3v) is 5.34. The number of piperidine rings is 1. The summed E-state index contributed by atoms with van der Waals surface area (Å²) < 4.78 is 76.7. The van der Waals surface area contributed by atoms with Crippen molar-refractivity contribution in [3.8, 4) is 0 Å². The lowest BCUT2D eigenvalue weighted by Crippen LogP contribution is -2.51. The molecule has 0 bridgehead atoms. The molecule has 2 N–H and O–H groups in total. The summed E-state index contributed by atoms with van der Waals surface area (Å²) in [7, 11) is 0. The van der Waals surface area contributed by atoms with E-state index in [4.69, 9.17) is 0 Å². The highest BCUT2D eigenvalue weighted by Crippen LogP contribution is 2.33. The first kappa shape index (κ1) is 23.4. The van der Waals surface area contributed by atoms with E-state index in [0.717, 1.165) is 41.3 Å². The van der Waals surface area contributed by atoms with Crippen LogP contribution in [0.1, 0.15) is 39.4 Å². The van der Waals surface area contributed by atoms with Gasteiger partial charge < -0.3 is 15.3 Å². The van der Waals surface area contributed by atoms with Crippen molar-refractivity contribution in [2.75, 3.05) is 13.1 Å². The topological polar surface area (TPSA) is 69.6 Å². The summed E-state index contributed by atoms with van der Waals surface area (Å²) in [5, 5.41) is 12.0. The first-order valence-corrected chi connectivity index (χ1v) is 9.49. The Morgan fingerprint density at radius 2 is 1.38 bits per heavy atom. The zero-order chi connectivity index (χ0) is 23.7. The van der Waals surface area contributed by atoms with Crippen LogP contribution >= 0.6 is 0 Å². The van der Waals surface area contributed by atoms with E-state index >= 15 is 0 Å². The molecule has 0 saturated carbocycles. The number of carbonyl (C=O) groups excluding carboxylic acids is 1. The maximum atomic E-state index is 12.9. The minimum Gasteiger partial charge on any atom is -0.465 e. The highest BCUT2D eigenvalue weighted by Gasteiger charge is 2.35. The van der Waals surface area contributed by atoms with Crippen molar-refractivity contribution in [2.45, 2.75) is 30.7 Å². The first-order chi connectivity index (χ1) is 14.9. The van der Waals surface area contributed by atoms with E-state index in [0.29, 0.717) is 5.56 Å². The third-order valence-electron chi connectivity index (χ3n) is 5.34. The third kappa shape index (κ3) is 5.32. The first-order valence-electron chi connectivity index (χ1n) is 9.49. The van der Waals surface area contributed by atoms with Crippen molar-refractivity contribution in [3.63, 3.8) is 0 Å². The van der Waals surface area contributed by atoms with Gasteiger partial charge in [0, 0.05) is 30.6 Å². The molecule has 1 fully saturated rings. The second-order valence-electron chi connectivity index (χ2n) is 7.40.